The van der Waals surface area contributed by atoms with E-state index >= 15 is 0 Å². The topological polar surface area (TPSA) is 149 Å². The first-order valence-corrected chi connectivity index (χ1v) is 26.7. The molecule has 1 aliphatic heterocycles. The minimum absolute atomic E-state index is 0.187. The Labute approximate surface area is 387 Å². The Morgan fingerprint density at radius 2 is 0.905 bits per heavy atom. The molecule has 0 bridgehead atoms. The van der Waals surface area contributed by atoms with Crippen LogP contribution >= 0.6 is 0 Å². The van der Waals surface area contributed by atoms with E-state index in [1.54, 1.807) is 6.08 Å². The Balaban J connectivity index is 2.28. The number of hydrogen-bond donors (Lipinski definition) is 6. The quantitative estimate of drug-likeness (QED) is 0.0261. The number of rotatable bonds is 45. The number of carbonyl (C=O) groups excluding carboxylic acids is 1. The molecule has 6 N–H and O–H groups in total. The van der Waals surface area contributed by atoms with E-state index in [1.165, 1.54) is 180 Å². The molecule has 1 rings (SSSR count). The maximum Gasteiger partial charge on any atom is 0.220 e. The second kappa shape index (κ2) is 44.3. The average Bonchev–Trinajstić information content (AvgIpc) is 3.28. The second-order valence-electron chi connectivity index (χ2n) is 18.7. The van der Waals surface area contributed by atoms with Gasteiger partial charge in [-0.1, -0.05) is 230 Å². The number of hydrogen-bond acceptors (Lipinski definition) is 8. The Morgan fingerprint density at radius 3 is 1.33 bits per heavy atom. The van der Waals surface area contributed by atoms with Crippen molar-refractivity contribution in [3.05, 3.63) is 36.5 Å². The maximum absolute atomic E-state index is 13.0. The Kier molecular flexibility index (Phi) is 41.7. The van der Waals surface area contributed by atoms with E-state index in [4.69, 9.17) is 9.47 Å². The van der Waals surface area contributed by atoms with Gasteiger partial charge in [-0.15, -0.1) is 0 Å². The number of ether oxygens (including phenoxy) is 2. The molecule has 1 aliphatic rings. The highest BCUT2D eigenvalue weighted by molar-refractivity contribution is 5.76. The van der Waals surface area contributed by atoms with Crippen LogP contribution in [0.2, 0.25) is 0 Å². The normalized spacial score (nSPS) is 20.4. The molecule has 1 heterocycles. The molecule has 0 radical (unpaired) electrons. The number of allylic oxidation sites excluding steroid dienone is 5. The number of nitrogens with one attached hydrogen (secondary N) is 1. The van der Waals surface area contributed by atoms with Crippen LogP contribution in [0.5, 0.6) is 0 Å². The lowest BCUT2D eigenvalue weighted by atomic mass is 9.99. The first-order chi connectivity index (χ1) is 30.8. The van der Waals surface area contributed by atoms with E-state index in [1.807, 2.05) is 6.08 Å². The van der Waals surface area contributed by atoms with Gasteiger partial charge < -0.3 is 40.3 Å². The van der Waals surface area contributed by atoms with E-state index in [9.17, 15) is 30.3 Å². The summed E-state index contributed by atoms with van der Waals surface area (Å²) in [6.07, 6.45) is 49.2. The van der Waals surface area contributed by atoms with Crippen LogP contribution in [0, 0.1) is 0 Å². The maximum atomic E-state index is 13.0. The minimum Gasteiger partial charge on any atom is -0.394 e. The van der Waals surface area contributed by atoms with Gasteiger partial charge in [0.2, 0.25) is 5.91 Å². The molecule has 0 saturated carbocycles. The molecule has 0 aromatic rings. The highest BCUT2D eigenvalue weighted by Gasteiger charge is 2.44. The van der Waals surface area contributed by atoms with Crippen molar-refractivity contribution in [3.63, 3.8) is 0 Å². The van der Waals surface area contributed by atoms with Crippen molar-refractivity contribution < 1.29 is 39.8 Å². The van der Waals surface area contributed by atoms with Crippen molar-refractivity contribution in [1.82, 2.24) is 5.32 Å². The Bertz CT molecular complexity index is 1080. The third-order valence-corrected chi connectivity index (χ3v) is 12.7. The van der Waals surface area contributed by atoms with Crippen LogP contribution in [0.4, 0.5) is 0 Å². The standard InChI is InChI=1S/C54H101NO8/c1-3-5-7-9-11-13-15-17-19-21-22-23-24-25-26-28-30-32-34-36-38-40-42-44-50(58)55-47(46-62-54-53(61)52(60)51(59)49(45-56)63-54)48(57)43-41-39-37-35-33-31-29-27-20-18-16-14-12-10-8-6-4-2/h20,27,33,35,41,43,47-49,51-54,56-57,59-61H,3-19,21-26,28-32,34,36-40,42,44-46H2,1-2H3,(H,55,58)/b27-20+,35-33+,43-41+. The van der Waals surface area contributed by atoms with Crippen LogP contribution < -0.4 is 5.32 Å². The lowest BCUT2D eigenvalue weighted by molar-refractivity contribution is -0.302. The summed E-state index contributed by atoms with van der Waals surface area (Å²) in [7, 11) is 0. The number of carbonyl (C=O) groups is 1. The zero-order valence-electron chi connectivity index (χ0n) is 40.8. The van der Waals surface area contributed by atoms with Gasteiger partial charge in [-0.3, -0.25) is 4.79 Å². The summed E-state index contributed by atoms with van der Waals surface area (Å²) >= 11 is 0. The SMILES string of the molecule is CCCCCCCCC/C=C/CC/C=C/CC/C=C/C(O)C(COC1OC(CO)C(O)C(O)C1O)NC(=O)CCCCCCCCCCCCCCCCCCCCCCCCC. The highest BCUT2D eigenvalue weighted by atomic mass is 16.7. The van der Waals surface area contributed by atoms with E-state index in [0.29, 0.717) is 6.42 Å². The average molecular weight is 892 g/mol. The number of aliphatic hydroxyl groups is 5. The summed E-state index contributed by atoms with van der Waals surface area (Å²) in [5, 5.41) is 54.3. The molecule has 7 atom stereocenters. The molecule has 370 valence electrons. The smallest absolute Gasteiger partial charge is 0.220 e. The Hall–Kier alpha value is -1.59. The summed E-state index contributed by atoms with van der Waals surface area (Å²) in [6.45, 7) is 3.77. The van der Waals surface area contributed by atoms with E-state index in [2.05, 4.69) is 43.5 Å². The van der Waals surface area contributed by atoms with Crippen LogP contribution in [0.25, 0.3) is 0 Å². The van der Waals surface area contributed by atoms with Gasteiger partial charge in [0.1, 0.15) is 24.4 Å². The zero-order chi connectivity index (χ0) is 45.9. The first-order valence-electron chi connectivity index (χ1n) is 26.7. The second-order valence-corrected chi connectivity index (χ2v) is 18.7. The van der Waals surface area contributed by atoms with Gasteiger partial charge in [0.05, 0.1) is 25.4 Å². The van der Waals surface area contributed by atoms with Gasteiger partial charge in [-0.2, -0.15) is 0 Å². The minimum atomic E-state index is -1.57. The molecule has 63 heavy (non-hydrogen) atoms. The van der Waals surface area contributed by atoms with Gasteiger partial charge in [-0.05, 0) is 44.9 Å². The Morgan fingerprint density at radius 1 is 0.524 bits per heavy atom. The van der Waals surface area contributed by atoms with E-state index in [0.717, 1.165) is 44.9 Å². The van der Waals surface area contributed by atoms with Crippen LogP contribution in [-0.2, 0) is 14.3 Å². The molecule has 0 aromatic heterocycles. The van der Waals surface area contributed by atoms with Gasteiger partial charge in [0.25, 0.3) is 0 Å². The number of unbranched alkanes of at least 4 members (excludes halogenated alkanes) is 31. The molecular formula is C54H101NO8. The first kappa shape index (κ1) is 59.4. The number of amides is 1. The summed E-state index contributed by atoms with van der Waals surface area (Å²) in [5.74, 6) is -0.187. The fraction of sp³-hybridized carbons (Fsp3) is 0.870. The molecule has 1 saturated heterocycles. The molecular weight excluding hydrogens is 791 g/mol. The highest BCUT2D eigenvalue weighted by Crippen LogP contribution is 2.23. The molecule has 9 nitrogen and oxygen atoms in total. The van der Waals surface area contributed by atoms with Gasteiger partial charge in [0, 0.05) is 6.42 Å². The van der Waals surface area contributed by atoms with E-state index < -0.39 is 49.5 Å². The third kappa shape index (κ3) is 34.4. The van der Waals surface area contributed by atoms with Crippen molar-refractivity contribution in [2.75, 3.05) is 13.2 Å². The van der Waals surface area contributed by atoms with Crippen LogP contribution in [0.15, 0.2) is 36.5 Å². The van der Waals surface area contributed by atoms with Crippen LogP contribution in [-0.4, -0.2) is 87.5 Å². The van der Waals surface area contributed by atoms with Crippen molar-refractivity contribution >= 4 is 5.91 Å². The molecule has 1 amide bonds. The predicted octanol–water partition coefficient (Wildman–Crippen LogP) is 12.4. The molecule has 9 heteroatoms. The summed E-state index contributed by atoms with van der Waals surface area (Å²) in [6, 6.07) is -0.825. The molecule has 0 spiro atoms. The van der Waals surface area contributed by atoms with Crippen molar-refractivity contribution in [2.24, 2.45) is 0 Å². The van der Waals surface area contributed by atoms with Crippen molar-refractivity contribution in [2.45, 2.75) is 288 Å². The van der Waals surface area contributed by atoms with Crippen LogP contribution in [0.3, 0.4) is 0 Å². The number of aliphatic hydroxyl groups excluding tert-OH is 5. The van der Waals surface area contributed by atoms with Crippen molar-refractivity contribution in [3.8, 4) is 0 Å². The fourth-order valence-corrected chi connectivity index (χ4v) is 8.42. The third-order valence-electron chi connectivity index (χ3n) is 12.7. The molecule has 0 aliphatic carbocycles. The van der Waals surface area contributed by atoms with E-state index in [-0.39, 0.29) is 12.5 Å². The fourth-order valence-electron chi connectivity index (χ4n) is 8.42. The lowest BCUT2D eigenvalue weighted by Crippen LogP contribution is -2.60. The molecule has 1 fully saturated rings. The summed E-state index contributed by atoms with van der Waals surface area (Å²) in [4.78, 5) is 13.0. The van der Waals surface area contributed by atoms with Gasteiger partial charge in [-0.25, -0.2) is 0 Å². The molecule has 7 unspecified atom stereocenters. The van der Waals surface area contributed by atoms with Gasteiger partial charge >= 0.3 is 0 Å². The molecule has 0 aromatic carbocycles. The zero-order valence-corrected chi connectivity index (χ0v) is 40.8. The van der Waals surface area contributed by atoms with Crippen molar-refractivity contribution in [1.29, 1.82) is 0 Å². The summed E-state index contributed by atoms with van der Waals surface area (Å²) < 4.78 is 11.2. The predicted molar refractivity (Wildman–Crippen MR) is 263 cm³/mol. The summed E-state index contributed by atoms with van der Waals surface area (Å²) in [5.41, 5.74) is 0. The lowest BCUT2D eigenvalue weighted by Gasteiger charge is -2.40. The monoisotopic (exact) mass is 892 g/mol. The largest absolute Gasteiger partial charge is 0.394 e. The van der Waals surface area contributed by atoms with Gasteiger partial charge in [0.15, 0.2) is 6.29 Å². The van der Waals surface area contributed by atoms with Crippen LogP contribution in [0.1, 0.15) is 245 Å².